The number of rotatable bonds is 8. The first-order valence-electron chi connectivity index (χ1n) is 8.39. The van der Waals surface area contributed by atoms with Crippen molar-refractivity contribution in [2.45, 2.75) is 13.0 Å². The van der Waals surface area contributed by atoms with Crippen LogP contribution in [0.15, 0.2) is 41.5 Å². The number of nitriles is 1. The lowest BCUT2D eigenvalue weighted by Gasteiger charge is -2.13. The molecule has 0 saturated carbocycles. The first-order valence-corrected chi connectivity index (χ1v) is 8.39. The molecule has 0 aromatic heterocycles. The van der Waals surface area contributed by atoms with Crippen LogP contribution in [0.1, 0.15) is 28.4 Å². The van der Waals surface area contributed by atoms with Crippen LogP contribution in [0, 0.1) is 11.3 Å². The van der Waals surface area contributed by atoms with Crippen molar-refractivity contribution in [3.8, 4) is 23.3 Å². The van der Waals surface area contributed by atoms with E-state index in [2.05, 4.69) is 10.5 Å². The fourth-order valence-corrected chi connectivity index (χ4v) is 2.39. The number of aromatic carboxylic acids is 1. The van der Waals surface area contributed by atoms with E-state index in [1.54, 1.807) is 24.3 Å². The monoisotopic (exact) mass is 397 g/mol. The number of carboxylic acids is 1. The lowest BCUT2D eigenvalue weighted by molar-refractivity contribution is -0.127. The second kappa shape index (κ2) is 9.75. The van der Waals surface area contributed by atoms with Crippen LogP contribution < -0.4 is 19.6 Å². The zero-order chi connectivity index (χ0) is 21.4. The Labute approximate surface area is 167 Å². The van der Waals surface area contributed by atoms with Gasteiger partial charge >= 0.3 is 5.97 Å². The number of hydrazone groups is 1. The fraction of sp³-hybridized carbons (Fsp3) is 0.200. The normalized spacial score (nSPS) is 11.4. The lowest BCUT2D eigenvalue weighted by Crippen LogP contribution is -2.33. The van der Waals surface area contributed by atoms with Crippen molar-refractivity contribution < 1.29 is 28.9 Å². The average Bonchev–Trinajstić information content (AvgIpc) is 2.73. The molecule has 29 heavy (non-hydrogen) atoms. The third-order valence-electron chi connectivity index (χ3n) is 3.84. The zero-order valence-corrected chi connectivity index (χ0v) is 16.0. The summed E-state index contributed by atoms with van der Waals surface area (Å²) in [7, 11) is 2.72. The van der Waals surface area contributed by atoms with E-state index in [-0.39, 0.29) is 22.6 Å². The van der Waals surface area contributed by atoms with Gasteiger partial charge in [0.1, 0.15) is 11.3 Å². The Morgan fingerprint density at radius 1 is 1.17 bits per heavy atom. The third kappa shape index (κ3) is 5.23. The quantitative estimate of drug-likeness (QED) is 0.516. The maximum Gasteiger partial charge on any atom is 0.340 e. The summed E-state index contributed by atoms with van der Waals surface area (Å²) in [5.41, 5.74) is 2.84. The number of hydrogen-bond acceptors (Lipinski definition) is 7. The molecule has 0 saturated heterocycles. The Bertz CT molecular complexity index is 963. The van der Waals surface area contributed by atoms with Crippen molar-refractivity contribution in [3.63, 3.8) is 0 Å². The first-order chi connectivity index (χ1) is 13.9. The highest BCUT2D eigenvalue weighted by Crippen LogP contribution is 2.32. The predicted octanol–water partition coefficient (Wildman–Crippen LogP) is 2.19. The molecule has 0 aliphatic carbocycles. The Hall–Kier alpha value is -4.06. The van der Waals surface area contributed by atoms with Crippen molar-refractivity contribution in [2.24, 2.45) is 5.10 Å². The number of nitrogens with zero attached hydrogens (tertiary/aromatic N) is 2. The number of amides is 1. The van der Waals surface area contributed by atoms with E-state index < -0.39 is 18.0 Å². The molecule has 9 nitrogen and oxygen atoms in total. The van der Waals surface area contributed by atoms with Gasteiger partial charge in [-0.15, -0.1) is 0 Å². The Kier molecular flexibility index (Phi) is 7.14. The van der Waals surface area contributed by atoms with Crippen LogP contribution in [-0.2, 0) is 4.79 Å². The molecule has 150 valence electrons. The van der Waals surface area contributed by atoms with E-state index in [1.807, 2.05) is 6.07 Å². The van der Waals surface area contributed by atoms with E-state index >= 15 is 0 Å². The molecule has 1 atom stereocenters. The molecule has 0 aliphatic heterocycles. The number of hydrogen-bond donors (Lipinski definition) is 2. The molecule has 0 bridgehead atoms. The second-order valence-corrected chi connectivity index (χ2v) is 5.70. The molecule has 0 spiro atoms. The van der Waals surface area contributed by atoms with Crippen LogP contribution >= 0.6 is 0 Å². The Morgan fingerprint density at radius 3 is 2.41 bits per heavy atom. The molecule has 0 fully saturated rings. The van der Waals surface area contributed by atoms with Gasteiger partial charge < -0.3 is 19.3 Å². The van der Waals surface area contributed by atoms with Crippen LogP contribution in [0.3, 0.4) is 0 Å². The molecule has 0 radical (unpaired) electrons. The lowest BCUT2D eigenvalue weighted by atomic mass is 10.1. The van der Waals surface area contributed by atoms with Crippen molar-refractivity contribution >= 4 is 18.1 Å². The molecule has 9 heteroatoms. The number of methoxy groups -OCH3 is 2. The summed E-state index contributed by atoms with van der Waals surface area (Å²) in [5, 5.41) is 22.1. The second-order valence-electron chi connectivity index (χ2n) is 5.70. The predicted molar refractivity (Wildman–Crippen MR) is 103 cm³/mol. The van der Waals surface area contributed by atoms with Gasteiger partial charge in [0, 0.05) is 5.56 Å². The zero-order valence-electron chi connectivity index (χ0n) is 16.0. The van der Waals surface area contributed by atoms with Gasteiger partial charge in [-0.25, -0.2) is 10.2 Å². The van der Waals surface area contributed by atoms with Gasteiger partial charge in [0.15, 0.2) is 17.6 Å². The van der Waals surface area contributed by atoms with Crippen LogP contribution in [0.5, 0.6) is 17.2 Å². The van der Waals surface area contributed by atoms with Crippen molar-refractivity contribution in [1.82, 2.24) is 5.43 Å². The van der Waals surface area contributed by atoms with Gasteiger partial charge in [0.05, 0.1) is 32.1 Å². The molecule has 2 N–H and O–H groups in total. The molecule has 2 rings (SSSR count). The van der Waals surface area contributed by atoms with Crippen LogP contribution in [0.2, 0.25) is 0 Å². The van der Waals surface area contributed by atoms with Gasteiger partial charge in [-0.1, -0.05) is 0 Å². The number of nitrogens with one attached hydrogen (secondary N) is 1. The van der Waals surface area contributed by atoms with Crippen LogP contribution in [-0.4, -0.2) is 43.5 Å². The molecule has 0 unspecified atom stereocenters. The van der Waals surface area contributed by atoms with Gasteiger partial charge in [-0.2, -0.15) is 10.4 Å². The van der Waals surface area contributed by atoms with Gasteiger partial charge in [0.25, 0.3) is 5.91 Å². The number of benzene rings is 2. The number of carbonyl (C=O) groups is 2. The van der Waals surface area contributed by atoms with Crippen LogP contribution in [0.25, 0.3) is 0 Å². The highest BCUT2D eigenvalue weighted by atomic mass is 16.5. The number of carbonyl (C=O) groups excluding carboxylic acids is 1. The van der Waals surface area contributed by atoms with E-state index in [1.165, 1.54) is 39.5 Å². The minimum absolute atomic E-state index is 0.0489. The number of carboxylic acid groups (broad SMARTS) is 1. The fourth-order valence-electron chi connectivity index (χ4n) is 2.39. The largest absolute Gasteiger partial charge is 0.493 e. The SMILES string of the molecule is COc1ccc(/C=N\NC(=O)[C@H](C)Oc2ccc(C#N)cc2)c(C(=O)O)c1OC. The molecular formula is C20H19N3O6. The molecular weight excluding hydrogens is 378 g/mol. The van der Waals surface area contributed by atoms with E-state index in [0.29, 0.717) is 11.3 Å². The van der Waals surface area contributed by atoms with Crippen molar-refractivity contribution in [2.75, 3.05) is 14.2 Å². The highest BCUT2D eigenvalue weighted by Gasteiger charge is 2.20. The molecule has 0 heterocycles. The summed E-state index contributed by atoms with van der Waals surface area (Å²) in [6.45, 7) is 1.53. The number of ether oxygens (including phenoxy) is 3. The summed E-state index contributed by atoms with van der Waals surface area (Å²) in [6.07, 6.45) is 0.321. The maximum absolute atomic E-state index is 12.1. The van der Waals surface area contributed by atoms with Gasteiger partial charge in [-0.05, 0) is 43.3 Å². The minimum atomic E-state index is -1.23. The topological polar surface area (TPSA) is 130 Å². The third-order valence-corrected chi connectivity index (χ3v) is 3.84. The van der Waals surface area contributed by atoms with Crippen molar-refractivity contribution in [3.05, 3.63) is 53.1 Å². The van der Waals surface area contributed by atoms with E-state index in [4.69, 9.17) is 19.5 Å². The average molecular weight is 397 g/mol. The van der Waals surface area contributed by atoms with Crippen LogP contribution in [0.4, 0.5) is 0 Å². The van der Waals surface area contributed by atoms with Crippen molar-refractivity contribution in [1.29, 1.82) is 5.26 Å². The molecule has 0 aliphatic rings. The highest BCUT2D eigenvalue weighted by molar-refractivity contribution is 6.02. The smallest absolute Gasteiger partial charge is 0.340 e. The summed E-state index contributed by atoms with van der Waals surface area (Å²) in [5.74, 6) is -1.04. The Balaban J connectivity index is 2.09. The summed E-state index contributed by atoms with van der Waals surface area (Å²) < 4.78 is 15.7. The van der Waals surface area contributed by atoms with Gasteiger partial charge in [0.2, 0.25) is 0 Å². The summed E-state index contributed by atoms with van der Waals surface area (Å²) >= 11 is 0. The van der Waals surface area contributed by atoms with Gasteiger partial charge in [-0.3, -0.25) is 4.79 Å². The van der Waals surface area contributed by atoms with E-state index in [9.17, 15) is 14.7 Å². The summed E-state index contributed by atoms with van der Waals surface area (Å²) in [6, 6.07) is 11.3. The molecule has 2 aromatic carbocycles. The minimum Gasteiger partial charge on any atom is -0.493 e. The first kappa shape index (κ1) is 21.2. The standard InChI is InChI=1S/C20H19N3O6/c1-12(29-15-7-4-13(10-21)5-8-15)19(24)23-22-11-14-6-9-16(27-2)18(28-3)17(14)20(25)26/h4-9,11-12H,1-3H3,(H,23,24)(H,25,26)/b22-11-/t12-/m0/s1. The molecule has 2 aromatic rings. The maximum atomic E-state index is 12.1. The Morgan fingerprint density at radius 2 is 1.86 bits per heavy atom. The molecule has 1 amide bonds. The van der Waals surface area contributed by atoms with E-state index in [0.717, 1.165) is 0 Å². The summed E-state index contributed by atoms with van der Waals surface area (Å²) in [4.78, 5) is 23.7.